The Hall–Kier alpha value is -3.41. The Balaban J connectivity index is 4.25. The Morgan fingerprint density at radius 1 is 0.259 bits per heavy atom. The molecular weight excluding hydrogens is 997 g/mol. The van der Waals surface area contributed by atoms with Gasteiger partial charge in [0.25, 0.3) is 0 Å². The van der Waals surface area contributed by atoms with Crippen LogP contribution in [0.15, 0.2) is 85.1 Å². The van der Waals surface area contributed by atoms with Crippen molar-refractivity contribution in [1.29, 1.82) is 0 Å². The number of carbonyl (C=O) groups is 3. The Morgan fingerprint density at radius 2 is 0.481 bits per heavy atom. The van der Waals surface area contributed by atoms with E-state index in [1.54, 1.807) is 0 Å². The van der Waals surface area contributed by atoms with E-state index in [0.717, 1.165) is 109 Å². The van der Waals surface area contributed by atoms with Gasteiger partial charge in [0.2, 0.25) is 0 Å². The molecule has 0 aliphatic carbocycles. The second-order valence-corrected chi connectivity index (χ2v) is 23.4. The van der Waals surface area contributed by atoms with Crippen molar-refractivity contribution in [2.45, 2.75) is 361 Å². The van der Waals surface area contributed by atoms with Gasteiger partial charge < -0.3 is 14.2 Å². The van der Waals surface area contributed by atoms with Gasteiger partial charge in [-0.25, -0.2) is 0 Å². The predicted octanol–water partition coefficient (Wildman–Crippen LogP) is 24.2. The molecule has 0 radical (unpaired) electrons. The Morgan fingerprint density at radius 3 is 0.753 bits per heavy atom. The fourth-order valence-electron chi connectivity index (χ4n) is 10.2. The maximum absolute atomic E-state index is 12.9. The molecule has 0 bridgehead atoms. The summed E-state index contributed by atoms with van der Waals surface area (Å²) in [4.78, 5) is 38.4. The lowest BCUT2D eigenvalue weighted by molar-refractivity contribution is -0.167. The number of esters is 3. The smallest absolute Gasteiger partial charge is 0.306 e. The predicted molar refractivity (Wildman–Crippen MR) is 353 cm³/mol. The summed E-state index contributed by atoms with van der Waals surface area (Å²) in [5.41, 5.74) is 0. The first-order valence-corrected chi connectivity index (χ1v) is 35.1. The van der Waals surface area contributed by atoms with Crippen molar-refractivity contribution < 1.29 is 28.6 Å². The largest absolute Gasteiger partial charge is 0.462 e. The molecule has 0 aromatic carbocycles. The second-order valence-electron chi connectivity index (χ2n) is 23.4. The van der Waals surface area contributed by atoms with Gasteiger partial charge in [-0.3, -0.25) is 14.4 Å². The van der Waals surface area contributed by atoms with Gasteiger partial charge >= 0.3 is 17.9 Å². The molecule has 0 aromatic heterocycles. The summed E-state index contributed by atoms with van der Waals surface area (Å²) >= 11 is 0. The molecule has 1 unspecified atom stereocenters. The first-order valence-electron chi connectivity index (χ1n) is 35.1. The number of carbonyl (C=O) groups excluding carboxylic acids is 3. The van der Waals surface area contributed by atoms with E-state index in [0.29, 0.717) is 19.3 Å². The van der Waals surface area contributed by atoms with E-state index in [1.807, 2.05) is 0 Å². The summed E-state index contributed by atoms with van der Waals surface area (Å²) in [6.45, 7) is 6.56. The molecule has 0 fully saturated rings. The van der Waals surface area contributed by atoms with E-state index in [4.69, 9.17) is 14.2 Å². The number of unbranched alkanes of at least 4 members (excludes halogenated alkanes) is 39. The van der Waals surface area contributed by atoms with E-state index < -0.39 is 6.10 Å². The van der Waals surface area contributed by atoms with Crippen molar-refractivity contribution in [1.82, 2.24) is 0 Å². The van der Waals surface area contributed by atoms with E-state index in [9.17, 15) is 14.4 Å². The maximum Gasteiger partial charge on any atom is 0.306 e. The lowest BCUT2D eigenvalue weighted by Gasteiger charge is -2.18. The fourth-order valence-corrected chi connectivity index (χ4v) is 10.2. The molecule has 0 heterocycles. The molecule has 0 rings (SSSR count). The van der Waals surface area contributed by atoms with Crippen LogP contribution in [0.3, 0.4) is 0 Å². The lowest BCUT2D eigenvalue weighted by Crippen LogP contribution is -2.30. The zero-order valence-corrected chi connectivity index (χ0v) is 53.8. The van der Waals surface area contributed by atoms with Crippen molar-refractivity contribution in [3.8, 4) is 0 Å². The monoisotopic (exact) mass is 1130 g/mol. The number of hydrogen-bond acceptors (Lipinski definition) is 6. The summed E-state index contributed by atoms with van der Waals surface area (Å²) in [6, 6.07) is 0. The summed E-state index contributed by atoms with van der Waals surface area (Å²) in [7, 11) is 0. The van der Waals surface area contributed by atoms with E-state index in [2.05, 4.69) is 106 Å². The highest BCUT2D eigenvalue weighted by atomic mass is 16.6. The number of ether oxygens (including phenoxy) is 3. The van der Waals surface area contributed by atoms with Gasteiger partial charge in [-0.15, -0.1) is 0 Å². The SMILES string of the molecule is CC/C=C\C/C=C\C/C=C\C/C=C\C/C=C\C/C=C\C/C=C\CCCCCCCCCC(=O)OCC(COC(=O)CCCCCCCCCCCCC)OC(=O)CCCCCCCCCCCCCCCCCCCCCCCCC. The molecule has 1 atom stereocenters. The van der Waals surface area contributed by atoms with Crippen LogP contribution in [-0.4, -0.2) is 37.2 Å². The highest BCUT2D eigenvalue weighted by Crippen LogP contribution is 2.18. The molecule has 468 valence electrons. The lowest BCUT2D eigenvalue weighted by atomic mass is 10.0. The Labute approximate surface area is 503 Å². The minimum atomic E-state index is -0.779. The van der Waals surface area contributed by atoms with E-state index >= 15 is 0 Å². The molecule has 0 aliphatic rings. The van der Waals surface area contributed by atoms with Gasteiger partial charge in [-0.1, -0.05) is 343 Å². The van der Waals surface area contributed by atoms with Gasteiger partial charge in [0.1, 0.15) is 13.2 Å². The Bertz CT molecular complexity index is 1530. The molecule has 6 heteroatoms. The van der Waals surface area contributed by atoms with Crippen LogP contribution in [0.25, 0.3) is 0 Å². The van der Waals surface area contributed by atoms with Crippen LogP contribution in [0.1, 0.15) is 355 Å². The van der Waals surface area contributed by atoms with E-state index in [1.165, 1.54) is 205 Å². The minimum absolute atomic E-state index is 0.0748. The van der Waals surface area contributed by atoms with Crippen molar-refractivity contribution >= 4 is 17.9 Å². The number of allylic oxidation sites excluding steroid dienone is 14. The molecule has 0 spiro atoms. The fraction of sp³-hybridized carbons (Fsp3) is 0.773. The molecule has 81 heavy (non-hydrogen) atoms. The van der Waals surface area contributed by atoms with Gasteiger partial charge in [0, 0.05) is 19.3 Å². The normalized spacial score (nSPS) is 12.6. The number of hydrogen-bond donors (Lipinski definition) is 0. The minimum Gasteiger partial charge on any atom is -0.462 e. The van der Waals surface area contributed by atoms with Gasteiger partial charge in [-0.05, 0) is 77.0 Å². The second kappa shape index (κ2) is 69.1. The molecule has 0 aliphatic heterocycles. The van der Waals surface area contributed by atoms with E-state index in [-0.39, 0.29) is 31.1 Å². The van der Waals surface area contributed by atoms with Crippen molar-refractivity contribution in [3.05, 3.63) is 85.1 Å². The van der Waals surface area contributed by atoms with Crippen LogP contribution in [0, 0.1) is 0 Å². The van der Waals surface area contributed by atoms with Gasteiger partial charge in [0.15, 0.2) is 6.10 Å². The topological polar surface area (TPSA) is 78.9 Å². The van der Waals surface area contributed by atoms with Crippen molar-refractivity contribution in [2.24, 2.45) is 0 Å². The van der Waals surface area contributed by atoms with Gasteiger partial charge in [-0.2, -0.15) is 0 Å². The quantitative estimate of drug-likeness (QED) is 0.0261. The van der Waals surface area contributed by atoms with Crippen LogP contribution < -0.4 is 0 Å². The van der Waals surface area contributed by atoms with Crippen LogP contribution in [0.4, 0.5) is 0 Å². The van der Waals surface area contributed by atoms with Crippen LogP contribution in [0.2, 0.25) is 0 Å². The molecule has 0 N–H and O–H groups in total. The average molecular weight is 1130 g/mol. The van der Waals surface area contributed by atoms with Crippen molar-refractivity contribution in [3.63, 3.8) is 0 Å². The highest BCUT2D eigenvalue weighted by molar-refractivity contribution is 5.71. The first-order chi connectivity index (χ1) is 40.0. The molecule has 0 saturated heterocycles. The zero-order valence-electron chi connectivity index (χ0n) is 53.8. The standard InChI is InChI=1S/C75H132O6/c1-4-7-10-13-16-19-22-24-26-28-30-32-34-35-36-37-38-39-41-42-44-46-48-50-53-56-59-62-65-68-74(77)80-71-72(70-79-73(76)67-64-61-58-55-52-21-18-15-12-9-6-3)81-75(78)69-66-63-60-57-54-51-49-47-45-43-40-33-31-29-27-25-23-20-17-14-11-8-5-2/h7,10,16,19,24,26,30,32,35-36,38-39,42,44,72H,4-6,8-9,11-15,17-18,20-23,25,27-29,31,33-34,37,40-41,43,45-71H2,1-3H3/b10-7-,19-16-,26-24-,32-30-,36-35-,39-38-,44-42-. The summed E-state index contributed by atoms with van der Waals surface area (Å²) < 4.78 is 17.0. The summed E-state index contributed by atoms with van der Waals surface area (Å²) in [6.07, 6.45) is 91.8. The third-order valence-electron chi connectivity index (χ3n) is 15.4. The highest BCUT2D eigenvalue weighted by Gasteiger charge is 2.19. The summed E-state index contributed by atoms with van der Waals surface area (Å²) in [5.74, 6) is -0.867. The third kappa shape index (κ3) is 67.3. The van der Waals surface area contributed by atoms with Crippen LogP contribution in [-0.2, 0) is 28.6 Å². The van der Waals surface area contributed by atoms with Gasteiger partial charge in [0.05, 0.1) is 0 Å². The summed E-state index contributed by atoms with van der Waals surface area (Å²) in [5, 5.41) is 0. The molecular formula is C75H132O6. The molecule has 0 amide bonds. The molecule has 0 aromatic rings. The van der Waals surface area contributed by atoms with Crippen LogP contribution >= 0.6 is 0 Å². The van der Waals surface area contributed by atoms with Crippen LogP contribution in [0.5, 0.6) is 0 Å². The van der Waals surface area contributed by atoms with Crippen molar-refractivity contribution in [2.75, 3.05) is 13.2 Å². The Kier molecular flexibility index (Phi) is 66.2. The first kappa shape index (κ1) is 77.6. The molecule has 6 nitrogen and oxygen atoms in total. The zero-order chi connectivity index (χ0) is 58.5. The average Bonchev–Trinajstić information content (AvgIpc) is 3.47. The number of rotatable bonds is 64. The molecule has 0 saturated carbocycles. The maximum atomic E-state index is 12.9. The third-order valence-corrected chi connectivity index (χ3v) is 15.4.